The molecule has 0 N–H and O–H groups in total. The molecule has 0 aliphatic carbocycles. The van der Waals surface area contributed by atoms with E-state index in [4.69, 9.17) is 4.42 Å². The van der Waals surface area contributed by atoms with Crippen molar-refractivity contribution in [3.05, 3.63) is 68.6 Å². The zero-order valence-electron chi connectivity index (χ0n) is 12.3. The molecule has 0 radical (unpaired) electrons. The standard InChI is InChI=1S/C19H13NO3/c21-17-12-7-1-2-9-14(12)23-18-13-8-3-5-11-6-4-10-20(16(11)13)19(22)15(17)18/h1-3,5,7-9H,4,6,10H2. The number of aryl methyl sites for hydroxylation is 2. The van der Waals surface area contributed by atoms with Crippen molar-refractivity contribution in [2.45, 2.75) is 19.4 Å². The molecular weight excluding hydrogens is 290 g/mol. The van der Waals surface area contributed by atoms with Gasteiger partial charge in [0.15, 0.2) is 5.58 Å². The Morgan fingerprint density at radius 1 is 0.957 bits per heavy atom. The number of aromatic nitrogens is 1. The summed E-state index contributed by atoms with van der Waals surface area (Å²) >= 11 is 0. The zero-order valence-corrected chi connectivity index (χ0v) is 12.3. The Morgan fingerprint density at radius 3 is 2.70 bits per heavy atom. The molecule has 0 spiro atoms. The second-order valence-corrected chi connectivity index (χ2v) is 6.01. The van der Waals surface area contributed by atoms with Crippen LogP contribution < -0.4 is 11.0 Å². The average molecular weight is 303 g/mol. The van der Waals surface area contributed by atoms with Crippen LogP contribution in [0.15, 0.2) is 56.5 Å². The molecule has 2 aromatic carbocycles. The highest BCUT2D eigenvalue weighted by atomic mass is 16.3. The Balaban J connectivity index is 2.18. The van der Waals surface area contributed by atoms with Gasteiger partial charge in [-0.1, -0.05) is 24.3 Å². The smallest absolute Gasteiger partial charge is 0.266 e. The fourth-order valence-electron chi connectivity index (χ4n) is 3.70. The lowest BCUT2D eigenvalue weighted by Gasteiger charge is -2.20. The lowest BCUT2D eigenvalue weighted by atomic mass is 9.99. The summed E-state index contributed by atoms with van der Waals surface area (Å²) < 4.78 is 7.72. The van der Waals surface area contributed by atoms with E-state index < -0.39 is 0 Å². The fraction of sp³-hybridized carbons (Fsp3) is 0.158. The molecule has 23 heavy (non-hydrogen) atoms. The van der Waals surface area contributed by atoms with E-state index in [-0.39, 0.29) is 16.4 Å². The number of benzene rings is 2. The molecule has 2 aromatic heterocycles. The highest BCUT2D eigenvalue weighted by molar-refractivity contribution is 6.05. The van der Waals surface area contributed by atoms with Crippen molar-refractivity contribution in [2.24, 2.45) is 0 Å². The van der Waals surface area contributed by atoms with Gasteiger partial charge >= 0.3 is 0 Å². The Labute approximate surface area is 130 Å². The minimum absolute atomic E-state index is 0.162. The minimum Gasteiger partial charge on any atom is -0.455 e. The molecule has 0 amide bonds. The van der Waals surface area contributed by atoms with Gasteiger partial charge in [-0.15, -0.1) is 0 Å². The van der Waals surface area contributed by atoms with Crippen LogP contribution in [0, 0.1) is 0 Å². The van der Waals surface area contributed by atoms with Crippen LogP contribution in [0.4, 0.5) is 0 Å². The van der Waals surface area contributed by atoms with Gasteiger partial charge in [-0.3, -0.25) is 9.59 Å². The summed E-state index contributed by atoms with van der Waals surface area (Å²) in [5, 5.41) is 1.46. The number of rotatable bonds is 0. The molecule has 0 fully saturated rings. The number of hydrogen-bond acceptors (Lipinski definition) is 3. The number of para-hydroxylation sites is 2. The Kier molecular flexibility index (Phi) is 2.37. The summed E-state index contributed by atoms with van der Waals surface area (Å²) in [5.41, 5.74) is 2.51. The van der Waals surface area contributed by atoms with Crippen molar-refractivity contribution in [3.8, 4) is 0 Å². The summed E-state index contributed by atoms with van der Waals surface area (Å²) in [5.74, 6) is 0. The van der Waals surface area contributed by atoms with Crippen molar-refractivity contribution >= 4 is 32.8 Å². The summed E-state index contributed by atoms with van der Waals surface area (Å²) in [6, 6.07) is 13.0. The third-order valence-corrected chi connectivity index (χ3v) is 4.72. The van der Waals surface area contributed by atoms with E-state index in [1.165, 1.54) is 0 Å². The minimum atomic E-state index is -0.242. The van der Waals surface area contributed by atoms with Crippen molar-refractivity contribution < 1.29 is 4.42 Å². The third kappa shape index (κ3) is 1.55. The molecule has 1 aliphatic rings. The van der Waals surface area contributed by atoms with E-state index in [1.54, 1.807) is 22.8 Å². The first kappa shape index (κ1) is 12.6. The summed E-state index contributed by atoms with van der Waals surface area (Å²) in [6.07, 6.45) is 1.86. The molecule has 1 aliphatic heterocycles. The monoisotopic (exact) mass is 303 g/mol. The predicted octanol–water partition coefficient (Wildman–Crippen LogP) is 3.21. The number of pyridine rings is 1. The van der Waals surface area contributed by atoms with Gasteiger partial charge in [-0.25, -0.2) is 0 Å². The van der Waals surface area contributed by atoms with E-state index in [2.05, 4.69) is 0 Å². The molecule has 4 heteroatoms. The molecule has 3 heterocycles. The maximum Gasteiger partial charge on any atom is 0.266 e. The van der Waals surface area contributed by atoms with Crippen LogP contribution in [0.5, 0.6) is 0 Å². The second kappa shape index (κ2) is 4.32. The largest absolute Gasteiger partial charge is 0.455 e. The van der Waals surface area contributed by atoms with Gasteiger partial charge in [0.2, 0.25) is 5.43 Å². The number of hydrogen-bond donors (Lipinski definition) is 0. The van der Waals surface area contributed by atoms with Gasteiger partial charge in [-0.05, 0) is 36.6 Å². The van der Waals surface area contributed by atoms with Crippen molar-refractivity contribution in [1.29, 1.82) is 0 Å². The predicted molar refractivity (Wildman–Crippen MR) is 90.1 cm³/mol. The van der Waals surface area contributed by atoms with Gasteiger partial charge in [0.25, 0.3) is 5.56 Å². The van der Waals surface area contributed by atoms with E-state index in [0.717, 1.165) is 29.3 Å². The average Bonchev–Trinajstić information content (AvgIpc) is 2.59. The van der Waals surface area contributed by atoms with Crippen LogP contribution in [0.3, 0.4) is 0 Å². The second-order valence-electron chi connectivity index (χ2n) is 6.01. The first-order chi connectivity index (χ1) is 11.3. The summed E-state index contributed by atoms with van der Waals surface area (Å²) in [7, 11) is 0. The van der Waals surface area contributed by atoms with Gasteiger partial charge in [0.1, 0.15) is 11.0 Å². The molecule has 4 aromatic rings. The van der Waals surface area contributed by atoms with E-state index in [0.29, 0.717) is 23.1 Å². The summed E-state index contributed by atoms with van der Waals surface area (Å²) in [6.45, 7) is 0.647. The maximum atomic E-state index is 12.9. The molecule has 0 saturated carbocycles. The van der Waals surface area contributed by atoms with Gasteiger partial charge in [-0.2, -0.15) is 0 Å². The number of fused-ring (bicyclic) bond motifs is 3. The van der Waals surface area contributed by atoms with Gasteiger partial charge in [0.05, 0.1) is 10.9 Å². The topological polar surface area (TPSA) is 52.2 Å². The highest BCUT2D eigenvalue weighted by Gasteiger charge is 2.21. The Bertz CT molecular complexity index is 1230. The van der Waals surface area contributed by atoms with Crippen LogP contribution in [-0.2, 0) is 13.0 Å². The highest BCUT2D eigenvalue weighted by Crippen LogP contribution is 2.29. The van der Waals surface area contributed by atoms with E-state index in [9.17, 15) is 9.59 Å². The molecule has 4 nitrogen and oxygen atoms in total. The van der Waals surface area contributed by atoms with Crippen molar-refractivity contribution in [1.82, 2.24) is 4.57 Å². The maximum absolute atomic E-state index is 12.9. The van der Waals surface area contributed by atoms with Crippen molar-refractivity contribution in [2.75, 3.05) is 0 Å². The molecule has 0 atom stereocenters. The van der Waals surface area contributed by atoms with Crippen molar-refractivity contribution in [3.63, 3.8) is 0 Å². The van der Waals surface area contributed by atoms with E-state index >= 15 is 0 Å². The van der Waals surface area contributed by atoms with Crippen LogP contribution in [0.1, 0.15) is 12.0 Å². The Morgan fingerprint density at radius 2 is 1.78 bits per heavy atom. The normalized spacial score (nSPS) is 13.9. The lowest BCUT2D eigenvalue weighted by molar-refractivity contribution is 0.613. The van der Waals surface area contributed by atoms with Crippen LogP contribution >= 0.6 is 0 Å². The van der Waals surface area contributed by atoms with E-state index in [1.807, 2.05) is 24.3 Å². The lowest BCUT2D eigenvalue weighted by Crippen LogP contribution is -2.28. The van der Waals surface area contributed by atoms with Crippen LogP contribution in [0.25, 0.3) is 32.8 Å². The molecular formula is C19H13NO3. The SMILES string of the molecule is O=c1c2ccccc2oc2c1c(=O)n1c3c(cccc23)CCC1. The quantitative estimate of drug-likeness (QED) is 0.370. The zero-order chi connectivity index (χ0) is 15.6. The molecule has 0 saturated heterocycles. The number of nitrogens with zero attached hydrogens (tertiary/aromatic N) is 1. The summed E-state index contributed by atoms with van der Waals surface area (Å²) in [4.78, 5) is 25.8. The van der Waals surface area contributed by atoms with Gasteiger partial charge < -0.3 is 8.98 Å². The first-order valence-corrected chi connectivity index (χ1v) is 7.75. The molecule has 0 unspecified atom stereocenters. The van der Waals surface area contributed by atoms with Crippen LogP contribution in [-0.4, -0.2) is 4.57 Å². The molecule has 112 valence electrons. The Hall–Kier alpha value is -2.88. The first-order valence-electron chi connectivity index (χ1n) is 7.75. The fourth-order valence-corrected chi connectivity index (χ4v) is 3.70. The molecule has 0 bridgehead atoms. The van der Waals surface area contributed by atoms with Gasteiger partial charge in [0, 0.05) is 11.9 Å². The molecule has 5 rings (SSSR count). The third-order valence-electron chi connectivity index (χ3n) is 4.72. The van der Waals surface area contributed by atoms with Crippen LogP contribution in [0.2, 0.25) is 0 Å².